The number of carbonyl (C=O) groups is 1. The van der Waals surface area contributed by atoms with Gasteiger partial charge in [-0.05, 0) is 18.7 Å². The van der Waals surface area contributed by atoms with E-state index >= 15 is 0 Å². The summed E-state index contributed by atoms with van der Waals surface area (Å²) in [7, 11) is 1.27. The van der Waals surface area contributed by atoms with Gasteiger partial charge in [0, 0.05) is 16.5 Å². The van der Waals surface area contributed by atoms with E-state index in [2.05, 4.69) is 31.0 Å². The molecule has 0 radical (unpaired) electrons. The smallest absolute Gasteiger partial charge is 0.360 e. The third kappa shape index (κ3) is 3.45. The van der Waals surface area contributed by atoms with E-state index in [0.29, 0.717) is 28.7 Å². The van der Waals surface area contributed by atoms with Crippen molar-refractivity contribution in [1.82, 2.24) is 15.0 Å². The Morgan fingerprint density at radius 3 is 2.90 bits per heavy atom. The van der Waals surface area contributed by atoms with Gasteiger partial charge in [-0.1, -0.05) is 27.2 Å². The summed E-state index contributed by atoms with van der Waals surface area (Å²) in [6.07, 6.45) is 0.398. The molecule has 1 heterocycles. The number of benzene rings is 1. The fraction of sp³-hybridized carbons (Fsp3) is 0.308. The molecule has 0 saturated heterocycles. The Hall–Kier alpha value is -1.80. The molecule has 0 atom stereocenters. The molecule has 112 valence electrons. The summed E-state index contributed by atoms with van der Waals surface area (Å²) in [6.45, 7) is 0.485. The topological polar surface area (TPSA) is 83.0 Å². The van der Waals surface area contributed by atoms with Gasteiger partial charge in [-0.15, -0.1) is 5.10 Å². The summed E-state index contributed by atoms with van der Waals surface area (Å²) in [5, 5.41) is 7.69. The number of aromatic nitrogens is 3. The molecule has 1 aromatic carbocycles. The highest BCUT2D eigenvalue weighted by molar-refractivity contribution is 9.10. The molecular weight excluding hydrogens is 343 g/mol. The Bertz CT molecular complexity index is 660. The molecule has 0 bridgehead atoms. The summed E-state index contributed by atoms with van der Waals surface area (Å²) in [5.41, 5.74) is 6.63. The number of hydrogen-bond acceptors (Lipinski definition) is 5. The molecule has 0 unspecified atom stereocenters. The Morgan fingerprint density at radius 2 is 2.29 bits per heavy atom. The van der Waals surface area contributed by atoms with Crippen LogP contribution in [-0.4, -0.2) is 34.6 Å². The largest absolute Gasteiger partial charge is 0.464 e. The van der Waals surface area contributed by atoms with Crippen LogP contribution in [0.2, 0.25) is 0 Å². The number of methoxy groups -OCH3 is 1. The SMILES string of the molecule is COC(=O)c1nnn(Cc2ccc(Br)cc2F)c1CCN. The Labute approximate surface area is 129 Å². The molecule has 8 heteroatoms. The molecule has 0 amide bonds. The van der Waals surface area contributed by atoms with E-state index in [1.807, 2.05) is 0 Å². The molecule has 2 N–H and O–H groups in total. The molecule has 2 rings (SSSR count). The molecule has 2 aromatic rings. The second-order valence-corrected chi connectivity index (χ2v) is 5.22. The van der Waals surface area contributed by atoms with Crippen LogP contribution >= 0.6 is 15.9 Å². The van der Waals surface area contributed by atoms with Crippen LogP contribution in [0.1, 0.15) is 21.7 Å². The highest BCUT2D eigenvalue weighted by atomic mass is 79.9. The van der Waals surface area contributed by atoms with Gasteiger partial charge in [-0.25, -0.2) is 13.9 Å². The minimum atomic E-state index is -0.582. The van der Waals surface area contributed by atoms with E-state index in [1.165, 1.54) is 17.9 Å². The fourth-order valence-corrected chi connectivity index (χ4v) is 2.24. The van der Waals surface area contributed by atoms with Gasteiger partial charge in [0.15, 0.2) is 5.69 Å². The third-order valence-electron chi connectivity index (χ3n) is 2.93. The van der Waals surface area contributed by atoms with E-state index in [1.54, 1.807) is 12.1 Å². The predicted molar refractivity (Wildman–Crippen MR) is 77.3 cm³/mol. The number of hydrogen-bond donors (Lipinski definition) is 1. The Kier molecular flexibility index (Phi) is 5.03. The fourth-order valence-electron chi connectivity index (χ4n) is 1.91. The maximum Gasteiger partial charge on any atom is 0.360 e. The maximum atomic E-state index is 13.9. The molecule has 0 aliphatic carbocycles. The van der Waals surface area contributed by atoms with Crippen molar-refractivity contribution >= 4 is 21.9 Å². The number of rotatable bonds is 5. The number of esters is 1. The van der Waals surface area contributed by atoms with E-state index in [-0.39, 0.29) is 18.1 Å². The molecule has 6 nitrogen and oxygen atoms in total. The molecule has 0 aliphatic heterocycles. The first-order valence-electron chi connectivity index (χ1n) is 6.21. The lowest BCUT2D eigenvalue weighted by molar-refractivity contribution is 0.0592. The molecule has 0 aliphatic rings. The summed E-state index contributed by atoms with van der Waals surface area (Å²) >= 11 is 3.20. The molecule has 0 spiro atoms. The van der Waals surface area contributed by atoms with Gasteiger partial charge in [-0.3, -0.25) is 0 Å². The zero-order valence-corrected chi connectivity index (χ0v) is 12.9. The van der Waals surface area contributed by atoms with Gasteiger partial charge < -0.3 is 10.5 Å². The van der Waals surface area contributed by atoms with Gasteiger partial charge in [-0.2, -0.15) is 0 Å². The average molecular weight is 357 g/mol. The summed E-state index contributed by atoms with van der Waals surface area (Å²) in [5.74, 6) is -0.945. The Morgan fingerprint density at radius 1 is 1.52 bits per heavy atom. The van der Waals surface area contributed by atoms with Crippen molar-refractivity contribution in [3.05, 3.63) is 45.4 Å². The van der Waals surface area contributed by atoms with E-state index in [4.69, 9.17) is 5.73 Å². The number of nitrogens with two attached hydrogens (primary N) is 1. The lowest BCUT2D eigenvalue weighted by atomic mass is 10.2. The van der Waals surface area contributed by atoms with Crippen molar-refractivity contribution < 1.29 is 13.9 Å². The first kappa shape index (κ1) is 15.6. The second kappa shape index (κ2) is 6.77. The highest BCUT2D eigenvalue weighted by Gasteiger charge is 2.20. The average Bonchev–Trinajstić information content (AvgIpc) is 2.84. The minimum Gasteiger partial charge on any atom is -0.464 e. The maximum absolute atomic E-state index is 13.9. The third-order valence-corrected chi connectivity index (χ3v) is 3.43. The van der Waals surface area contributed by atoms with Crippen LogP contribution < -0.4 is 5.73 Å². The normalized spacial score (nSPS) is 10.7. The number of ether oxygens (including phenoxy) is 1. The first-order chi connectivity index (χ1) is 10.1. The van der Waals surface area contributed by atoms with Gasteiger partial charge in [0.1, 0.15) is 5.82 Å². The molecule has 0 fully saturated rings. The molecule has 0 saturated carbocycles. The van der Waals surface area contributed by atoms with Crippen LogP contribution in [0.25, 0.3) is 0 Å². The second-order valence-electron chi connectivity index (χ2n) is 4.31. The van der Waals surface area contributed by atoms with Crippen LogP contribution in [0, 0.1) is 5.82 Å². The van der Waals surface area contributed by atoms with Crippen molar-refractivity contribution in [2.45, 2.75) is 13.0 Å². The van der Waals surface area contributed by atoms with Crippen molar-refractivity contribution in [1.29, 1.82) is 0 Å². The van der Waals surface area contributed by atoms with E-state index in [0.717, 1.165) is 0 Å². The predicted octanol–water partition coefficient (Wildman–Crippen LogP) is 1.52. The van der Waals surface area contributed by atoms with Crippen molar-refractivity contribution in [3.63, 3.8) is 0 Å². The number of nitrogens with zero attached hydrogens (tertiary/aromatic N) is 3. The Balaban J connectivity index is 2.35. The molecular formula is C13H14BrFN4O2. The van der Waals surface area contributed by atoms with Crippen molar-refractivity contribution in [3.8, 4) is 0 Å². The van der Waals surface area contributed by atoms with Crippen molar-refractivity contribution in [2.75, 3.05) is 13.7 Å². The minimum absolute atomic E-state index is 0.112. The summed E-state index contributed by atoms with van der Waals surface area (Å²) < 4.78 is 20.6. The molecule has 21 heavy (non-hydrogen) atoms. The standard InChI is InChI=1S/C13H14BrFN4O2/c1-21-13(20)12-11(4-5-16)19(18-17-12)7-8-2-3-9(14)6-10(8)15/h2-3,6H,4-5,7,16H2,1H3. The first-order valence-corrected chi connectivity index (χ1v) is 7.00. The van der Waals surface area contributed by atoms with Crippen LogP contribution in [-0.2, 0) is 17.7 Å². The van der Waals surface area contributed by atoms with Gasteiger partial charge in [0.25, 0.3) is 0 Å². The van der Waals surface area contributed by atoms with Crippen LogP contribution in [0.4, 0.5) is 4.39 Å². The lowest BCUT2D eigenvalue weighted by Crippen LogP contribution is -2.15. The van der Waals surface area contributed by atoms with Gasteiger partial charge in [0.2, 0.25) is 0 Å². The number of halogens is 2. The van der Waals surface area contributed by atoms with E-state index < -0.39 is 5.97 Å². The zero-order valence-electron chi connectivity index (χ0n) is 11.3. The zero-order chi connectivity index (χ0) is 15.4. The summed E-state index contributed by atoms with van der Waals surface area (Å²) in [4.78, 5) is 11.6. The van der Waals surface area contributed by atoms with Crippen LogP contribution in [0.5, 0.6) is 0 Å². The van der Waals surface area contributed by atoms with E-state index in [9.17, 15) is 9.18 Å². The van der Waals surface area contributed by atoms with Gasteiger partial charge >= 0.3 is 5.97 Å². The van der Waals surface area contributed by atoms with Crippen molar-refractivity contribution in [2.24, 2.45) is 5.73 Å². The lowest BCUT2D eigenvalue weighted by Gasteiger charge is -2.08. The van der Waals surface area contributed by atoms with Crippen LogP contribution in [0.15, 0.2) is 22.7 Å². The van der Waals surface area contributed by atoms with Gasteiger partial charge in [0.05, 0.1) is 19.3 Å². The quantitative estimate of drug-likeness (QED) is 0.821. The monoisotopic (exact) mass is 356 g/mol. The summed E-state index contributed by atoms with van der Waals surface area (Å²) in [6, 6.07) is 4.75. The molecule has 1 aromatic heterocycles. The number of carbonyl (C=O) groups excluding carboxylic acids is 1. The van der Waals surface area contributed by atoms with Crippen LogP contribution in [0.3, 0.4) is 0 Å². The highest BCUT2D eigenvalue weighted by Crippen LogP contribution is 2.17.